The molecule has 0 radical (unpaired) electrons. The van der Waals surface area contributed by atoms with Gasteiger partial charge < -0.3 is 25.0 Å². The maximum Gasteiger partial charge on any atom is 0.191 e. The highest BCUT2D eigenvalue weighted by molar-refractivity contribution is 14.0. The summed E-state index contributed by atoms with van der Waals surface area (Å²) in [5.74, 6) is 0.896. The molecule has 160 valence electrons. The third-order valence-electron chi connectivity index (χ3n) is 4.46. The minimum absolute atomic E-state index is 0. The Hall–Kier alpha value is -0.900. The second kappa shape index (κ2) is 16.0. The minimum Gasteiger partial charge on any atom is -0.379 e. The molecule has 0 spiro atoms. The van der Waals surface area contributed by atoms with E-state index in [9.17, 15) is 0 Å². The van der Waals surface area contributed by atoms with Crippen molar-refractivity contribution in [2.45, 2.75) is 38.8 Å². The second-order valence-electron chi connectivity index (χ2n) is 6.97. The molecule has 1 saturated heterocycles. The van der Waals surface area contributed by atoms with Crippen molar-refractivity contribution in [3.05, 3.63) is 35.9 Å². The summed E-state index contributed by atoms with van der Waals surface area (Å²) in [6, 6.07) is 10.6. The third-order valence-corrected chi connectivity index (χ3v) is 4.46. The molecule has 1 aliphatic heterocycles. The van der Waals surface area contributed by atoms with Crippen molar-refractivity contribution < 1.29 is 9.47 Å². The molecule has 7 heteroatoms. The van der Waals surface area contributed by atoms with E-state index in [2.05, 4.69) is 64.8 Å². The van der Waals surface area contributed by atoms with Crippen molar-refractivity contribution in [3.8, 4) is 0 Å². The number of rotatable bonds is 12. The lowest BCUT2D eigenvalue weighted by molar-refractivity contribution is 0.0424. The lowest BCUT2D eigenvalue weighted by Crippen LogP contribution is -2.38. The summed E-state index contributed by atoms with van der Waals surface area (Å²) in [4.78, 5) is 6.98. The fraction of sp³-hybridized carbons (Fsp3) is 0.667. The number of nitrogens with one attached hydrogen (secondary N) is 2. The molecule has 0 amide bonds. The van der Waals surface area contributed by atoms with Gasteiger partial charge in [-0.15, -0.1) is 24.0 Å². The van der Waals surface area contributed by atoms with Crippen LogP contribution in [-0.2, 0) is 16.0 Å². The lowest BCUT2D eigenvalue weighted by Gasteiger charge is -2.17. The zero-order chi connectivity index (χ0) is 19.2. The Kier molecular flexibility index (Phi) is 14.3. The molecule has 1 fully saturated rings. The summed E-state index contributed by atoms with van der Waals surface area (Å²) in [7, 11) is 2.17. The zero-order valence-corrected chi connectivity index (χ0v) is 19.7. The molecule has 6 nitrogen and oxygen atoms in total. The number of ether oxygens (including phenoxy) is 2. The van der Waals surface area contributed by atoms with Crippen molar-refractivity contribution in [2.24, 2.45) is 4.99 Å². The van der Waals surface area contributed by atoms with E-state index < -0.39 is 0 Å². The first-order valence-electron chi connectivity index (χ1n) is 10.2. The fourth-order valence-corrected chi connectivity index (χ4v) is 3.02. The zero-order valence-electron chi connectivity index (χ0n) is 17.4. The predicted molar refractivity (Wildman–Crippen MR) is 127 cm³/mol. The van der Waals surface area contributed by atoms with Crippen LogP contribution in [-0.4, -0.2) is 70.0 Å². The van der Waals surface area contributed by atoms with Gasteiger partial charge in [-0.05, 0) is 45.3 Å². The van der Waals surface area contributed by atoms with Gasteiger partial charge >= 0.3 is 0 Å². The fourth-order valence-electron chi connectivity index (χ4n) is 3.02. The summed E-state index contributed by atoms with van der Waals surface area (Å²) in [6.07, 6.45) is 3.32. The van der Waals surface area contributed by atoms with E-state index in [0.29, 0.717) is 0 Å². The van der Waals surface area contributed by atoms with Crippen molar-refractivity contribution >= 4 is 29.9 Å². The molecular formula is C21H37IN4O2. The number of nitrogens with zero attached hydrogens (tertiary/aromatic N) is 2. The van der Waals surface area contributed by atoms with Crippen LogP contribution in [0.1, 0.15) is 31.7 Å². The molecule has 1 heterocycles. The Morgan fingerprint density at radius 2 is 2.07 bits per heavy atom. The number of hydrogen-bond donors (Lipinski definition) is 2. The van der Waals surface area contributed by atoms with Gasteiger partial charge in [0, 0.05) is 39.4 Å². The molecule has 0 saturated carbocycles. The summed E-state index contributed by atoms with van der Waals surface area (Å²) in [5, 5.41) is 6.73. The van der Waals surface area contributed by atoms with Crippen molar-refractivity contribution in [1.82, 2.24) is 15.5 Å². The van der Waals surface area contributed by atoms with Crippen molar-refractivity contribution in [1.29, 1.82) is 0 Å². The largest absolute Gasteiger partial charge is 0.379 e. The molecule has 28 heavy (non-hydrogen) atoms. The Bertz CT molecular complexity index is 524. The van der Waals surface area contributed by atoms with E-state index >= 15 is 0 Å². The highest BCUT2D eigenvalue weighted by Crippen LogP contribution is 2.08. The normalized spacial score (nSPS) is 16.8. The molecule has 0 aromatic heterocycles. The summed E-state index contributed by atoms with van der Waals surface area (Å²) >= 11 is 0. The van der Waals surface area contributed by atoms with Crippen LogP contribution in [0.4, 0.5) is 0 Å². The van der Waals surface area contributed by atoms with Crippen LogP contribution >= 0.6 is 24.0 Å². The molecule has 1 aromatic carbocycles. The second-order valence-corrected chi connectivity index (χ2v) is 6.97. The molecule has 1 aliphatic rings. The van der Waals surface area contributed by atoms with E-state index in [1.807, 2.05) is 0 Å². The van der Waals surface area contributed by atoms with Gasteiger partial charge in [0.05, 0.1) is 12.7 Å². The Labute approximate surface area is 187 Å². The van der Waals surface area contributed by atoms with E-state index in [1.54, 1.807) is 0 Å². The maximum atomic E-state index is 5.78. The first-order chi connectivity index (χ1) is 13.3. The molecule has 2 N–H and O–H groups in total. The number of hydrogen-bond acceptors (Lipinski definition) is 4. The lowest BCUT2D eigenvalue weighted by atomic mass is 10.2. The van der Waals surface area contributed by atoms with Crippen molar-refractivity contribution in [2.75, 3.05) is 53.0 Å². The van der Waals surface area contributed by atoms with Gasteiger partial charge in [0.25, 0.3) is 0 Å². The van der Waals surface area contributed by atoms with E-state index in [-0.39, 0.29) is 30.1 Å². The molecule has 1 atom stereocenters. The van der Waals surface area contributed by atoms with Gasteiger partial charge in [0.1, 0.15) is 0 Å². The average Bonchev–Trinajstić information content (AvgIpc) is 3.19. The van der Waals surface area contributed by atoms with Crippen molar-refractivity contribution in [3.63, 3.8) is 0 Å². The number of halogens is 1. The van der Waals surface area contributed by atoms with Crippen LogP contribution in [0.25, 0.3) is 0 Å². The van der Waals surface area contributed by atoms with Gasteiger partial charge in [-0.1, -0.05) is 30.3 Å². The van der Waals surface area contributed by atoms with E-state index in [4.69, 9.17) is 9.47 Å². The maximum absolute atomic E-state index is 5.78. The number of benzene rings is 1. The molecule has 1 unspecified atom stereocenters. The van der Waals surface area contributed by atoms with E-state index in [1.165, 1.54) is 5.56 Å². The first kappa shape index (κ1) is 25.1. The van der Waals surface area contributed by atoms with Crippen LogP contribution in [0.2, 0.25) is 0 Å². The number of guanidine groups is 1. The average molecular weight is 504 g/mol. The topological polar surface area (TPSA) is 58.1 Å². The van der Waals surface area contributed by atoms with Crippen LogP contribution in [0.5, 0.6) is 0 Å². The molecule has 0 aliphatic carbocycles. The molecule has 0 bridgehead atoms. The Balaban J connectivity index is 0.00000392. The molecule has 1 aromatic rings. The van der Waals surface area contributed by atoms with Crippen LogP contribution in [0, 0.1) is 0 Å². The van der Waals surface area contributed by atoms with E-state index in [0.717, 1.165) is 77.8 Å². The SMILES string of the molecule is CCNC(=NCCCOC1CCOC1)NCCCN(C)Cc1ccccc1.I. The van der Waals surface area contributed by atoms with Crippen LogP contribution < -0.4 is 10.6 Å². The first-order valence-corrected chi connectivity index (χ1v) is 10.2. The van der Waals surface area contributed by atoms with Gasteiger partial charge in [-0.3, -0.25) is 4.99 Å². The van der Waals surface area contributed by atoms with Gasteiger partial charge in [0.2, 0.25) is 0 Å². The van der Waals surface area contributed by atoms with Crippen LogP contribution in [0.15, 0.2) is 35.3 Å². The van der Waals surface area contributed by atoms with Crippen LogP contribution in [0.3, 0.4) is 0 Å². The van der Waals surface area contributed by atoms with Gasteiger partial charge in [-0.25, -0.2) is 0 Å². The molecule has 2 rings (SSSR count). The number of aliphatic imine (C=N–C) groups is 1. The smallest absolute Gasteiger partial charge is 0.191 e. The third kappa shape index (κ3) is 11.2. The quantitative estimate of drug-likeness (QED) is 0.199. The Morgan fingerprint density at radius 1 is 1.25 bits per heavy atom. The summed E-state index contributed by atoms with van der Waals surface area (Å²) in [5.41, 5.74) is 1.36. The summed E-state index contributed by atoms with van der Waals surface area (Å²) in [6.45, 7) is 9.02. The molecular weight excluding hydrogens is 467 g/mol. The predicted octanol–water partition coefficient (Wildman–Crippen LogP) is 2.88. The van der Waals surface area contributed by atoms with Gasteiger partial charge in [0.15, 0.2) is 5.96 Å². The monoisotopic (exact) mass is 504 g/mol. The minimum atomic E-state index is 0. The highest BCUT2D eigenvalue weighted by atomic mass is 127. The summed E-state index contributed by atoms with van der Waals surface area (Å²) < 4.78 is 11.1. The standard InChI is InChI=1S/C21H36N4O2.HI/c1-3-22-21(24-13-8-15-27-20-11-16-26-18-20)23-12-7-14-25(2)17-19-9-5-4-6-10-19;/h4-6,9-10,20H,3,7-8,11-18H2,1-2H3,(H2,22,23,24);1H. The van der Waals surface area contributed by atoms with Gasteiger partial charge in [-0.2, -0.15) is 0 Å². The Morgan fingerprint density at radius 3 is 2.79 bits per heavy atom. The highest BCUT2D eigenvalue weighted by Gasteiger charge is 2.15.